The van der Waals surface area contributed by atoms with Crippen molar-refractivity contribution in [2.24, 2.45) is 7.05 Å². The molecule has 8 heteroatoms. The van der Waals surface area contributed by atoms with Crippen molar-refractivity contribution in [2.45, 2.75) is 6.04 Å². The van der Waals surface area contributed by atoms with Crippen LogP contribution in [0, 0.1) is 11.6 Å². The molecule has 0 aliphatic carbocycles. The summed E-state index contributed by atoms with van der Waals surface area (Å²) in [6, 6.07) is 2.60. The molecule has 1 aromatic heterocycles. The maximum Gasteiger partial charge on any atom is 0.254 e. The van der Waals surface area contributed by atoms with Crippen LogP contribution < -0.4 is 5.32 Å². The molecule has 1 aliphatic heterocycles. The Morgan fingerprint density at radius 3 is 2.61 bits per heavy atom. The number of aromatic nitrogens is 2. The molecule has 3 rings (SSSR count). The minimum absolute atomic E-state index is 0. The maximum atomic E-state index is 13.4. The molecular formula is C15H17ClF2N4O. The van der Waals surface area contributed by atoms with Gasteiger partial charge in [-0.1, -0.05) is 0 Å². The van der Waals surface area contributed by atoms with Crippen molar-refractivity contribution in [3.8, 4) is 0 Å². The van der Waals surface area contributed by atoms with E-state index in [2.05, 4.69) is 10.3 Å². The highest BCUT2D eigenvalue weighted by Gasteiger charge is 2.31. The number of halogens is 3. The van der Waals surface area contributed by atoms with E-state index in [-0.39, 0.29) is 24.0 Å². The zero-order valence-corrected chi connectivity index (χ0v) is 13.3. The summed E-state index contributed by atoms with van der Waals surface area (Å²) in [7, 11) is 1.85. The van der Waals surface area contributed by atoms with Crippen molar-refractivity contribution in [1.29, 1.82) is 0 Å². The van der Waals surface area contributed by atoms with Crippen LogP contribution in [-0.4, -0.2) is 40.0 Å². The van der Waals surface area contributed by atoms with Gasteiger partial charge in [-0.3, -0.25) is 4.79 Å². The number of benzene rings is 1. The third-order valence-electron chi connectivity index (χ3n) is 3.77. The normalized spacial score (nSPS) is 17.7. The standard InChI is InChI=1S/C15H16F2N4O.ClH/c1-20-4-3-19-14(20)13-9-18-2-5-21(13)15(22)10-6-11(16)8-12(17)7-10;/h3-4,6-8,13,18H,2,5,9H2,1H3;1H. The van der Waals surface area contributed by atoms with E-state index in [9.17, 15) is 13.6 Å². The molecule has 1 atom stereocenters. The average molecular weight is 343 g/mol. The first-order valence-corrected chi connectivity index (χ1v) is 7.01. The summed E-state index contributed by atoms with van der Waals surface area (Å²) in [5.41, 5.74) is 0.0126. The predicted molar refractivity (Wildman–Crippen MR) is 83.5 cm³/mol. The molecule has 0 radical (unpaired) electrons. The summed E-state index contributed by atoms with van der Waals surface area (Å²) >= 11 is 0. The van der Waals surface area contributed by atoms with Gasteiger partial charge in [0, 0.05) is 50.7 Å². The van der Waals surface area contributed by atoms with Crippen molar-refractivity contribution in [2.75, 3.05) is 19.6 Å². The van der Waals surface area contributed by atoms with Crippen molar-refractivity contribution in [1.82, 2.24) is 19.8 Å². The lowest BCUT2D eigenvalue weighted by Gasteiger charge is -2.35. The number of amides is 1. The summed E-state index contributed by atoms with van der Waals surface area (Å²) in [4.78, 5) is 18.5. The molecule has 2 aromatic rings. The van der Waals surface area contributed by atoms with Crippen molar-refractivity contribution in [3.05, 3.63) is 53.6 Å². The van der Waals surface area contributed by atoms with Gasteiger partial charge >= 0.3 is 0 Å². The number of hydrogen-bond acceptors (Lipinski definition) is 3. The van der Waals surface area contributed by atoms with Gasteiger partial charge in [-0.2, -0.15) is 0 Å². The molecule has 23 heavy (non-hydrogen) atoms. The van der Waals surface area contributed by atoms with Crippen LogP contribution >= 0.6 is 12.4 Å². The van der Waals surface area contributed by atoms with Crippen LogP contribution in [0.3, 0.4) is 0 Å². The zero-order chi connectivity index (χ0) is 15.7. The second-order valence-electron chi connectivity index (χ2n) is 5.27. The summed E-state index contributed by atoms with van der Waals surface area (Å²) in [6.07, 6.45) is 3.46. The van der Waals surface area contributed by atoms with Crippen molar-refractivity contribution >= 4 is 18.3 Å². The Labute approximate surface area is 138 Å². The highest BCUT2D eigenvalue weighted by molar-refractivity contribution is 5.94. The van der Waals surface area contributed by atoms with E-state index in [4.69, 9.17) is 0 Å². The topological polar surface area (TPSA) is 50.2 Å². The molecule has 1 fully saturated rings. The van der Waals surface area contributed by atoms with Gasteiger partial charge in [0.05, 0.1) is 0 Å². The van der Waals surface area contributed by atoms with Crippen LogP contribution in [-0.2, 0) is 7.05 Å². The smallest absolute Gasteiger partial charge is 0.254 e. The molecule has 1 N–H and O–H groups in total. The van der Waals surface area contributed by atoms with Crippen LogP contribution in [0.4, 0.5) is 8.78 Å². The van der Waals surface area contributed by atoms with E-state index >= 15 is 0 Å². The molecule has 1 amide bonds. The van der Waals surface area contributed by atoms with E-state index in [1.807, 2.05) is 11.6 Å². The Morgan fingerprint density at radius 2 is 2.00 bits per heavy atom. The first-order valence-electron chi connectivity index (χ1n) is 7.01. The first-order chi connectivity index (χ1) is 10.6. The van der Waals surface area contributed by atoms with Gasteiger partial charge in [-0.25, -0.2) is 13.8 Å². The monoisotopic (exact) mass is 342 g/mol. The second kappa shape index (κ2) is 7.06. The minimum Gasteiger partial charge on any atom is -0.336 e. The second-order valence-corrected chi connectivity index (χ2v) is 5.27. The fourth-order valence-electron chi connectivity index (χ4n) is 2.72. The number of nitrogens with zero attached hydrogens (tertiary/aromatic N) is 3. The first kappa shape index (κ1) is 17.4. The van der Waals surface area contributed by atoms with Crippen LogP contribution in [0.1, 0.15) is 22.2 Å². The Bertz CT molecular complexity index is 686. The lowest BCUT2D eigenvalue weighted by Crippen LogP contribution is -2.49. The summed E-state index contributed by atoms with van der Waals surface area (Å²) < 4.78 is 28.5. The highest BCUT2D eigenvalue weighted by Crippen LogP contribution is 2.23. The third-order valence-corrected chi connectivity index (χ3v) is 3.77. The Morgan fingerprint density at radius 1 is 1.30 bits per heavy atom. The van der Waals surface area contributed by atoms with Crippen molar-refractivity contribution < 1.29 is 13.6 Å². The van der Waals surface area contributed by atoms with Gasteiger partial charge in [-0.15, -0.1) is 12.4 Å². The lowest BCUT2D eigenvalue weighted by atomic mass is 10.1. The van der Waals surface area contributed by atoms with E-state index in [0.717, 1.165) is 24.0 Å². The van der Waals surface area contributed by atoms with Crippen LogP contribution in [0.15, 0.2) is 30.6 Å². The number of hydrogen-bond donors (Lipinski definition) is 1. The Balaban J connectivity index is 0.00000192. The highest BCUT2D eigenvalue weighted by atomic mass is 35.5. The largest absolute Gasteiger partial charge is 0.336 e. The Hall–Kier alpha value is -1.99. The van der Waals surface area contributed by atoms with Crippen molar-refractivity contribution in [3.63, 3.8) is 0 Å². The number of carbonyl (C=O) groups is 1. The number of aryl methyl sites for hydroxylation is 1. The molecule has 2 heterocycles. The number of rotatable bonds is 2. The van der Waals surface area contributed by atoms with Crippen LogP contribution in [0.5, 0.6) is 0 Å². The summed E-state index contributed by atoms with van der Waals surface area (Å²) in [5.74, 6) is -1.18. The molecule has 1 aromatic carbocycles. The van der Waals surface area contributed by atoms with Crippen LogP contribution in [0.25, 0.3) is 0 Å². The predicted octanol–water partition coefficient (Wildman–Crippen LogP) is 1.91. The molecule has 1 saturated heterocycles. The summed E-state index contributed by atoms with van der Waals surface area (Å²) in [5, 5.41) is 3.21. The fraction of sp³-hybridized carbons (Fsp3) is 0.333. The fourth-order valence-corrected chi connectivity index (χ4v) is 2.72. The molecule has 1 unspecified atom stereocenters. The minimum atomic E-state index is -0.757. The van der Waals surface area contributed by atoms with Gasteiger partial charge < -0.3 is 14.8 Å². The van der Waals surface area contributed by atoms with Crippen LogP contribution in [0.2, 0.25) is 0 Å². The van der Waals surface area contributed by atoms with Gasteiger partial charge in [0.25, 0.3) is 5.91 Å². The average Bonchev–Trinajstić information content (AvgIpc) is 2.91. The number of nitrogens with one attached hydrogen (secondary N) is 1. The van der Waals surface area contributed by atoms with Gasteiger partial charge in [0.15, 0.2) is 0 Å². The Kier molecular flexibility index (Phi) is 5.33. The maximum absolute atomic E-state index is 13.4. The van der Waals surface area contributed by atoms with E-state index in [0.29, 0.717) is 19.6 Å². The number of carbonyl (C=O) groups excluding carboxylic acids is 1. The lowest BCUT2D eigenvalue weighted by molar-refractivity contribution is 0.0620. The SMILES string of the molecule is Cl.Cn1ccnc1C1CNCCN1C(=O)c1cc(F)cc(F)c1. The van der Waals surface area contributed by atoms with E-state index in [1.54, 1.807) is 17.3 Å². The van der Waals surface area contributed by atoms with E-state index in [1.165, 1.54) is 0 Å². The molecular weight excluding hydrogens is 326 g/mol. The summed E-state index contributed by atoms with van der Waals surface area (Å²) in [6.45, 7) is 1.63. The van der Waals surface area contributed by atoms with Gasteiger partial charge in [0.2, 0.25) is 0 Å². The molecule has 0 saturated carbocycles. The number of imidazole rings is 1. The molecule has 0 spiro atoms. The van der Waals surface area contributed by atoms with Gasteiger partial charge in [-0.05, 0) is 12.1 Å². The molecule has 0 bridgehead atoms. The molecule has 5 nitrogen and oxygen atoms in total. The van der Waals surface area contributed by atoms with Gasteiger partial charge in [0.1, 0.15) is 23.5 Å². The zero-order valence-electron chi connectivity index (χ0n) is 12.5. The molecule has 1 aliphatic rings. The molecule has 124 valence electrons. The quantitative estimate of drug-likeness (QED) is 0.907. The number of piperazine rings is 1. The van der Waals surface area contributed by atoms with E-state index < -0.39 is 17.5 Å². The third kappa shape index (κ3) is 3.51.